The number of hydrogen-bond acceptors (Lipinski definition) is 5. The van der Waals surface area contributed by atoms with E-state index in [1.165, 1.54) is 11.3 Å². The smallest absolute Gasteiger partial charge is 0.322 e. The first-order valence-corrected chi connectivity index (χ1v) is 7.98. The van der Waals surface area contributed by atoms with Crippen LogP contribution in [0.25, 0.3) is 0 Å². The lowest BCUT2D eigenvalue weighted by molar-refractivity contribution is 0.0491. The quantitative estimate of drug-likeness (QED) is 0.920. The fourth-order valence-corrected chi connectivity index (χ4v) is 2.69. The summed E-state index contributed by atoms with van der Waals surface area (Å²) in [7, 11) is 0. The Morgan fingerprint density at radius 3 is 3.00 bits per heavy atom. The minimum Gasteiger partial charge on any atom is -0.492 e. The summed E-state index contributed by atoms with van der Waals surface area (Å²) in [6.45, 7) is 3.58. The molecule has 116 valence electrons. The molecule has 1 aliphatic heterocycles. The lowest BCUT2D eigenvalue weighted by Gasteiger charge is -2.38. The molecule has 2 aromatic rings. The normalized spacial score (nSPS) is 14.3. The molecule has 2 heterocycles. The van der Waals surface area contributed by atoms with Gasteiger partial charge in [0.2, 0.25) is 0 Å². The molecule has 2 amide bonds. The van der Waals surface area contributed by atoms with Crippen molar-refractivity contribution in [2.24, 2.45) is 0 Å². The van der Waals surface area contributed by atoms with Crippen LogP contribution in [0.5, 0.6) is 10.9 Å². The van der Waals surface area contributed by atoms with Gasteiger partial charge in [-0.05, 0) is 19.1 Å². The molecule has 3 rings (SSSR count). The third kappa shape index (κ3) is 3.30. The van der Waals surface area contributed by atoms with E-state index >= 15 is 0 Å². The molecule has 0 radical (unpaired) electrons. The standard InChI is InChI=1S/C15H17N3O3S/c1-2-20-13-6-4-3-5-12(13)17-14(19)18-9-11(10-18)21-15-16-7-8-22-15/h3-8,11H,2,9-10H2,1H3,(H,17,19). The Labute approximate surface area is 132 Å². The van der Waals surface area contributed by atoms with E-state index in [-0.39, 0.29) is 12.1 Å². The summed E-state index contributed by atoms with van der Waals surface area (Å²) in [5, 5.41) is 5.38. The molecule has 1 aliphatic rings. The number of urea groups is 1. The number of likely N-dealkylation sites (tertiary alicyclic amines) is 1. The minimum atomic E-state index is -0.147. The summed E-state index contributed by atoms with van der Waals surface area (Å²) >= 11 is 1.45. The van der Waals surface area contributed by atoms with E-state index in [0.717, 1.165) is 0 Å². The van der Waals surface area contributed by atoms with E-state index in [2.05, 4.69) is 10.3 Å². The summed E-state index contributed by atoms with van der Waals surface area (Å²) in [5.74, 6) is 0.675. The number of carbonyl (C=O) groups is 1. The van der Waals surface area contributed by atoms with Crippen molar-refractivity contribution in [2.75, 3.05) is 25.0 Å². The second-order valence-electron chi connectivity index (χ2n) is 4.80. The number of nitrogens with zero attached hydrogens (tertiary/aromatic N) is 2. The Morgan fingerprint density at radius 2 is 2.27 bits per heavy atom. The number of hydrogen-bond donors (Lipinski definition) is 1. The molecular weight excluding hydrogens is 302 g/mol. The topological polar surface area (TPSA) is 63.7 Å². The van der Waals surface area contributed by atoms with Gasteiger partial charge in [-0.2, -0.15) is 0 Å². The molecule has 1 fully saturated rings. The molecule has 1 aromatic carbocycles. The molecule has 7 heteroatoms. The van der Waals surface area contributed by atoms with Crippen LogP contribution in [0.2, 0.25) is 0 Å². The lowest BCUT2D eigenvalue weighted by atomic mass is 10.2. The zero-order valence-electron chi connectivity index (χ0n) is 12.2. The van der Waals surface area contributed by atoms with Crippen molar-refractivity contribution in [3.05, 3.63) is 35.8 Å². The first kappa shape index (κ1) is 14.6. The number of rotatable bonds is 5. The number of nitrogens with one attached hydrogen (secondary N) is 1. The van der Waals surface area contributed by atoms with Crippen molar-refractivity contribution in [2.45, 2.75) is 13.0 Å². The molecule has 6 nitrogen and oxygen atoms in total. The van der Waals surface area contributed by atoms with Gasteiger partial charge < -0.3 is 19.7 Å². The average Bonchev–Trinajstić information content (AvgIpc) is 2.97. The van der Waals surface area contributed by atoms with Gasteiger partial charge in [0, 0.05) is 11.6 Å². The third-order valence-electron chi connectivity index (χ3n) is 3.24. The van der Waals surface area contributed by atoms with Crippen LogP contribution in [0.3, 0.4) is 0 Å². The highest BCUT2D eigenvalue weighted by Gasteiger charge is 2.33. The second-order valence-corrected chi connectivity index (χ2v) is 5.66. The Bertz CT molecular complexity index is 627. The van der Waals surface area contributed by atoms with Crippen molar-refractivity contribution in [3.63, 3.8) is 0 Å². The van der Waals surface area contributed by atoms with Crippen LogP contribution < -0.4 is 14.8 Å². The van der Waals surface area contributed by atoms with Crippen molar-refractivity contribution < 1.29 is 14.3 Å². The molecule has 0 unspecified atom stereocenters. The van der Waals surface area contributed by atoms with Crippen LogP contribution in [0.1, 0.15) is 6.92 Å². The zero-order valence-corrected chi connectivity index (χ0v) is 13.0. The molecule has 1 aromatic heterocycles. The molecular formula is C15H17N3O3S. The van der Waals surface area contributed by atoms with Crippen LogP contribution in [0.15, 0.2) is 35.8 Å². The third-order valence-corrected chi connectivity index (χ3v) is 3.90. The van der Waals surface area contributed by atoms with Crippen LogP contribution >= 0.6 is 11.3 Å². The first-order valence-electron chi connectivity index (χ1n) is 7.10. The first-order chi connectivity index (χ1) is 10.8. The van der Waals surface area contributed by atoms with Crippen LogP contribution in [-0.4, -0.2) is 41.7 Å². The van der Waals surface area contributed by atoms with E-state index in [4.69, 9.17) is 9.47 Å². The van der Waals surface area contributed by atoms with Gasteiger partial charge in [0.25, 0.3) is 5.19 Å². The summed E-state index contributed by atoms with van der Waals surface area (Å²) in [4.78, 5) is 18.0. The van der Waals surface area contributed by atoms with Crippen molar-refractivity contribution in [3.8, 4) is 10.9 Å². The maximum Gasteiger partial charge on any atom is 0.322 e. The molecule has 0 bridgehead atoms. The molecule has 0 aliphatic carbocycles. The van der Waals surface area contributed by atoms with Gasteiger partial charge in [-0.15, -0.1) is 0 Å². The Balaban J connectivity index is 1.51. The SMILES string of the molecule is CCOc1ccccc1NC(=O)N1CC(Oc2nccs2)C1. The van der Waals surface area contributed by atoms with E-state index in [9.17, 15) is 4.79 Å². The summed E-state index contributed by atoms with van der Waals surface area (Å²) < 4.78 is 11.1. The lowest BCUT2D eigenvalue weighted by Crippen LogP contribution is -2.57. The van der Waals surface area contributed by atoms with Gasteiger partial charge in [0.05, 0.1) is 25.4 Å². The maximum absolute atomic E-state index is 12.2. The molecule has 1 saturated heterocycles. The van der Waals surface area contributed by atoms with Gasteiger partial charge in [-0.25, -0.2) is 9.78 Å². The number of thiazole rings is 1. The zero-order chi connectivity index (χ0) is 15.4. The number of benzene rings is 1. The molecule has 0 atom stereocenters. The van der Waals surface area contributed by atoms with Crippen LogP contribution in [0, 0.1) is 0 Å². The van der Waals surface area contributed by atoms with Crippen molar-refractivity contribution in [1.82, 2.24) is 9.88 Å². The molecule has 22 heavy (non-hydrogen) atoms. The number of amides is 2. The fourth-order valence-electron chi connectivity index (χ4n) is 2.14. The Hall–Kier alpha value is -2.28. The average molecular weight is 319 g/mol. The highest BCUT2D eigenvalue weighted by atomic mass is 32.1. The van der Waals surface area contributed by atoms with Crippen LogP contribution in [0.4, 0.5) is 10.5 Å². The Kier molecular flexibility index (Phi) is 4.43. The van der Waals surface area contributed by atoms with Gasteiger partial charge in [0.15, 0.2) is 0 Å². The van der Waals surface area contributed by atoms with Gasteiger partial charge >= 0.3 is 6.03 Å². The van der Waals surface area contributed by atoms with Crippen LogP contribution in [-0.2, 0) is 0 Å². The van der Waals surface area contributed by atoms with Gasteiger partial charge in [0.1, 0.15) is 11.9 Å². The number of ether oxygens (including phenoxy) is 2. The van der Waals surface area contributed by atoms with E-state index < -0.39 is 0 Å². The predicted octanol–water partition coefficient (Wildman–Crippen LogP) is 2.84. The summed E-state index contributed by atoms with van der Waals surface area (Å²) in [6, 6.07) is 7.26. The van der Waals surface area contributed by atoms with Gasteiger partial charge in [-0.3, -0.25) is 0 Å². The summed E-state index contributed by atoms with van der Waals surface area (Å²) in [5.41, 5.74) is 0.679. The van der Waals surface area contributed by atoms with E-state index in [1.807, 2.05) is 36.6 Å². The van der Waals surface area contributed by atoms with Crippen molar-refractivity contribution in [1.29, 1.82) is 0 Å². The number of carbonyl (C=O) groups excluding carboxylic acids is 1. The highest BCUT2D eigenvalue weighted by Crippen LogP contribution is 2.25. The fraction of sp³-hybridized carbons (Fsp3) is 0.333. The Morgan fingerprint density at radius 1 is 1.45 bits per heavy atom. The highest BCUT2D eigenvalue weighted by molar-refractivity contribution is 7.11. The minimum absolute atomic E-state index is 0.0130. The number of para-hydroxylation sites is 2. The maximum atomic E-state index is 12.2. The van der Waals surface area contributed by atoms with Crippen molar-refractivity contribution >= 4 is 23.1 Å². The molecule has 1 N–H and O–H groups in total. The number of anilines is 1. The van der Waals surface area contributed by atoms with E-state index in [1.54, 1.807) is 11.1 Å². The largest absolute Gasteiger partial charge is 0.492 e. The van der Waals surface area contributed by atoms with E-state index in [0.29, 0.717) is 36.3 Å². The molecule has 0 saturated carbocycles. The molecule has 0 spiro atoms. The second kappa shape index (κ2) is 6.65. The van der Waals surface area contributed by atoms with Gasteiger partial charge in [-0.1, -0.05) is 23.5 Å². The number of aromatic nitrogens is 1. The summed E-state index contributed by atoms with van der Waals surface area (Å²) in [6.07, 6.45) is 1.72. The predicted molar refractivity (Wildman–Crippen MR) is 84.7 cm³/mol. The monoisotopic (exact) mass is 319 g/mol.